The summed E-state index contributed by atoms with van der Waals surface area (Å²) in [6.07, 6.45) is 0. The Hall–Kier alpha value is -2.22. The van der Waals surface area contributed by atoms with Crippen LogP contribution in [0.3, 0.4) is 0 Å². The summed E-state index contributed by atoms with van der Waals surface area (Å²) in [5.41, 5.74) is -0.518. The molecule has 2 aromatic carbocycles. The summed E-state index contributed by atoms with van der Waals surface area (Å²) in [5.74, 6) is 0.233. The fraction of sp³-hybridized carbons (Fsp3) is 0.188. The van der Waals surface area contributed by atoms with Crippen LogP contribution in [-0.4, -0.2) is 33.6 Å². The maximum atomic E-state index is 12.5. The number of benzene rings is 2. The normalized spacial score (nSPS) is 21.5. The van der Waals surface area contributed by atoms with Gasteiger partial charge in [0, 0.05) is 0 Å². The summed E-state index contributed by atoms with van der Waals surface area (Å²) < 4.78 is 32.2. The van der Waals surface area contributed by atoms with Crippen LogP contribution in [0.2, 0.25) is 0 Å². The van der Waals surface area contributed by atoms with Crippen molar-refractivity contribution in [3.63, 3.8) is 0 Å². The fourth-order valence-corrected chi connectivity index (χ4v) is 4.39. The molecule has 1 spiro atoms. The standard InChI is InChI=1S/C16H14N2O4S/c19-15-13-8-4-5-9-14(13)22-16(17-15)10-18(11-16)23(20,21)12-6-2-1-3-7-12/h1-9H,10-11H2,(H-,17,19,20,21). The van der Waals surface area contributed by atoms with Gasteiger partial charge < -0.3 is 14.6 Å². The summed E-state index contributed by atoms with van der Waals surface area (Å²) in [6.45, 7) is 0.175. The molecule has 1 unspecified atom stereocenters. The maximum Gasteiger partial charge on any atom is 0.258 e. The van der Waals surface area contributed by atoms with Crippen LogP contribution >= 0.6 is 0 Å². The van der Waals surface area contributed by atoms with E-state index in [0.717, 1.165) is 0 Å². The molecule has 0 radical (unpaired) electrons. The third-order valence-electron chi connectivity index (χ3n) is 4.02. The minimum Gasteiger partial charge on any atom is -0.593 e. The molecule has 0 aliphatic carbocycles. The first-order chi connectivity index (χ1) is 11.0. The van der Waals surface area contributed by atoms with Gasteiger partial charge in [0.2, 0.25) is 5.72 Å². The molecule has 4 rings (SSSR count). The van der Waals surface area contributed by atoms with E-state index in [-0.39, 0.29) is 23.9 Å². The first kappa shape index (κ1) is 14.4. The van der Waals surface area contributed by atoms with E-state index in [1.54, 1.807) is 54.6 Å². The number of rotatable bonds is 2. The number of carbonyl (C=O) groups excluding carboxylic acids is 1. The average molecular weight is 330 g/mol. The third kappa shape index (κ3) is 2.24. The quantitative estimate of drug-likeness (QED) is 0.845. The van der Waals surface area contributed by atoms with Crippen LogP contribution in [0.25, 0.3) is 0 Å². The number of nitrogens with one attached hydrogen (secondary N) is 1. The molecule has 1 N–H and O–H groups in total. The van der Waals surface area contributed by atoms with Crippen molar-refractivity contribution >= 4 is 16.3 Å². The van der Waals surface area contributed by atoms with Gasteiger partial charge in [0.15, 0.2) is 15.3 Å². The molecule has 1 amide bonds. The van der Waals surface area contributed by atoms with E-state index in [1.165, 1.54) is 4.31 Å². The van der Waals surface area contributed by atoms with Gasteiger partial charge in [-0.1, -0.05) is 34.5 Å². The van der Waals surface area contributed by atoms with Crippen LogP contribution in [-0.2, 0) is 14.6 Å². The number of ether oxygens (including phenoxy) is 1. The van der Waals surface area contributed by atoms with Crippen LogP contribution in [0, 0.1) is 0 Å². The second-order valence-electron chi connectivity index (χ2n) is 5.63. The van der Waals surface area contributed by atoms with Gasteiger partial charge in [-0.25, -0.2) is 0 Å². The van der Waals surface area contributed by atoms with E-state index in [9.17, 15) is 13.6 Å². The Morgan fingerprint density at radius 2 is 1.74 bits per heavy atom. The molecule has 1 fully saturated rings. The van der Waals surface area contributed by atoms with Crippen molar-refractivity contribution in [1.29, 1.82) is 0 Å². The molecule has 2 aromatic rings. The highest BCUT2D eigenvalue weighted by atomic mass is 32.3. The molecular weight excluding hydrogens is 316 g/mol. The Labute approximate surface area is 134 Å². The van der Waals surface area contributed by atoms with Crippen LogP contribution in [0.1, 0.15) is 10.4 Å². The van der Waals surface area contributed by atoms with E-state index in [2.05, 4.69) is 5.32 Å². The van der Waals surface area contributed by atoms with Crippen molar-refractivity contribution in [3.05, 3.63) is 60.2 Å². The van der Waals surface area contributed by atoms with Crippen molar-refractivity contribution in [2.24, 2.45) is 0 Å². The zero-order valence-corrected chi connectivity index (χ0v) is 12.9. The summed E-state index contributed by atoms with van der Waals surface area (Å²) in [5, 5.41) is 2.77. The van der Waals surface area contributed by atoms with E-state index in [1.807, 2.05) is 0 Å². The summed E-state index contributed by atoms with van der Waals surface area (Å²) in [4.78, 5) is 12.4. The molecule has 7 heteroatoms. The van der Waals surface area contributed by atoms with Crippen LogP contribution in [0.4, 0.5) is 0 Å². The number of sulfonamides is 1. The van der Waals surface area contributed by atoms with Crippen molar-refractivity contribution in [2.75, 3.05) is 13.1 Å². The molecule has 0 saturated carbocycles. The first-order valence-electron chi connectivity index (χ1n) is 7.16. The Morgan fingerprint density at radius 1 is 1.09 bits per heavy atom. The lowest BCUT2D eigenvalue weighted by atomic mass is 10.0. The molecule has 1 saturated heterocycles. The highest BCUT2D eigenvalue weighted by Gasteiger charge is 2.56. The van der Waals surface area contributed by atoms with Gasteiger partial charge >= 0.3 is 0 Å². The zero-order chi connectivity index (χ0) is 16.1. The smallest absolute Gasteiger partial charge is 0.258 e. The highest BCUT2D eigenvalue weighted by molar-refractivity contribution is 7.95. The largest absolute Gasteiger partial charge is 0.593 e. The predicted molar refractivity (Wildman–Crippen MR) is 82.4 cm³/mol. The molecule has 6 nitrogen and oxygen atoms in total. The van der Waals surface area contributed by atoms with Gasteiger partial charge in [0.1, 0.15) is 18.8 Å². The van der Waals surface area contributed by atoms with Crippen molar-refractivity contribution in [1.82, 2.24) is 9.62 Å². The SMILES string of the molecule is O=C1NC2(CN([S+](=O)([O-])c3ccccc3)C2)Oc2ccccc21. The van der Waals surface area contributed by atoms with E-state index in [4.69, 9.17) is 4.74 Å². The Balaban J connectivity index is 1.56. The first-order valence-corrected chi connectivity index (χ1v) is 8.60. The third-order valence-corrected chi connectivity index (χ3v) is 5.83. The Kier molecular flexibility index (Phi) is 3.06. The second-order valence-corrected chi connectivity index (χ2v) is 7.57. The minimum atomic E-state index is -3.57. The van der Waals surface area contributed by atoms with Gasteiger partial charge in [0.25, 0.3) is 5.91 Å². The van der Waals surface area contributed by atoms with Crippen molar-refractivity contribution in [3.8, 4) is 5.75 Å². The lowest BCUT2D eigenvalue weighted by molar-refractivity contribution is -0.0657. The number of fused-ring (bicyclic) bond motifs is 1. The van der Waals surface area contributed by atoms with Gasteiger partial charge in [-0.2, -0.15) is 0 Å². The lowest BCUT2D eigenvalue weighted by Gasteiger charge is -2.50. The Bertz CT molecular complexity index is 818. The highest BCUT2D eigenvalue weighted by Crippen LogP contribution is 2.36. The molecule has 1 atom stereocenters. The molecular formula is C16H14N2O4S. The molecule has 2 aliphatic heterocycles. The predicted octanol–water partition coefficient (Wildman–Crippen LogP) is 1.42. The van der Waals surface area contributed by atoms with Gasteiger partial charge in [-0.3, -0.25) is 4.79 Å². The monoisotopic (exact) mass is 330 g/mol. The number of nitrogens with zero attached hydrogens (tertiary/aromatic N) is 1. The second kappa shape index (κ2) is 4.89. The van der Waals surface area contributed by atoms with Gasteiger partial charge in [-0.05, 0) is 24.3 Å². The van der Waals surface area contributed by atoms with Crippen LogP contribution in [0.5, 0.6) is 5.75 Å². The maximum absolute atomic E-state index is 12.5. The number of hydrogen-bond acceptors (Lipinski definition) is 4. The summed E-state index contributed by atoms with van der Waals surface area (Å²) in [7, 11) is -3.57. The van der Waals surface area contributed by atoms with E-state index in [0.29, 0.717) is 11.3 Å². The zero-order valence-electron chi connectivity index (χ0n) is 12.1. The molecule has 2 aliphatic rings. The molecule has 0 bridgehead atoms. The van der Waals surface area contributed by atoms with Crippen LogP contribution < -0.4 is 10.1 Å². The molecule has 0 aromatic heterocycles. The number of para-hydroxylation sites is 1. The fourth-order valence-electron chi connectivity index (χ4n) is 2.83. The number of carbonyl (C=O) groups is 1. The van der Waals surface area contributed by atoms with Gasteiger partial charge in [-0.15, -0.1) is 4.31 Å². The molecule has 2 heterocycles. The lowest BCUT2D eigenvalue weighted by Crippen LogP contribution is -2.76. The van der Waals surface area contributed by atoms with E-state index >= 15 is 0 Å². The topological polar surface area (TPSA) is 81.7 Å². The summed E-state index contributed by atoms with van der Waals surface area (Å²) >= 11 is 0. The Morgan fingerprint density at radius 3 is 2.48 bits per heavy atom. The van der Waals surface area contributed by atoms with Crippen molar-refractivity contribution < 1.29 is 18.3 Å². The van der Waals surface area contributed by atoms with Crippen molar-refractivity contribution in [2.45, 2.75) is 10.6 Å². The summed E-state index contributed by atoms with van der Waals surface area (Å²) in [6, 6.07) is 15.1. The van der Waals surface area contributed by atoms with Gasteiger partial charge in [0.05, 0.1) is 5.56 Å². The molecule has 118 valence electrons. The number of amides is 1. The minimum absolute atomic E-state index is 0.0876. The van der Waals surface area contributed by atoms with Crippen LogP contribution in [0.15, 0.2) is 59.5 Å². The molecule has 23 heavy (non-hydrogen) atoms. The average Bonchev–Trinajstić information content (AvgIpc) is 2.53. The van der Waals surface area contributed by atoms with E-state index < -0.39 is 16.1 Å². The number of hydrogen-bond donors (Lipinski definition) is 1.